The Balaban J connectivity index is 1.91. The molecule has 5 nitrogen and oxygen atoms in total. The number of carbonyl (C=O) groups is 2. The number of rotatable bonds is 7. The number of anilines is 2. The molecule has 2 amide bonds. The molecule has 0 saturated heterocycles. The van der Waals surface area contributed by atoms with Crippen molar-refractivity contribution in [3.8, 4) is 0 Å². The van der Waals surface area contributed by atoms with Crippen LogP contribution in [0, 0.1) is 0 Å². The number of halogens is 1. The van der Waals surface area contributed by atoms with Gasteiger partial charge in [0.1, 0.15) is 11.5 Å². The Morgan fingerprint density at radius 1 is 1.04 bits per heavy atom. The second kappa shape index (κ2) is 9.34. The third-order valence-corrected chi connectivity index (χ3v) is 4.89. The van der Waals surface area contributed by atoms with Crippen molar-refractivity contribution in [3.63, 3.8) is 0 Å². The Labute approximate surface area is 154 Å². The van der Waals surface area contributed by atoms with Gasteiger partial charge in [-0.2, -0.15) is 0 Å². The normalized spacial score (nSPS) is 11.6. The van der Waals surface area contributed by atoms with Gasteiger partial charge in [0.05, 0.1) is 10.7 Å². The fourth-order valence-electron chi connectivity index (χ4n) is 2.27. The molecule has 0 spiro atoms. The van der Waals surface area contributed by atoms with Gasteiger partial charge in [-0.3, -0.25) is 13.8 Å². The molecule has 2 aromatic carbocycles. The third-order valence-electron chi connectivity index (χ3n) is 3.41. The highest BCUT2D eigenvalue weighted by atomic mass is 35.5. The summed E-state index contributed by atoms with van der Waals surface area (Å²) in [7, 11) is -1.60. The molecule has 0 aliphatic rings. The summed E-state index contributed by atoms with van der Waals surface area (Å²) in [5, 5.41) is 3.00. The van der Waals surface area contributed by atoms with Crippen molar-refractivity contribution in [1.82, 2.24) is 0 Å². The molecule has 2 rings (SSSR count). The van der Waals surface area contributed by atoms with Crippen molar-refractivity contribution in [3.05, 3.63) is 59.6 Å². The van der Waals surface area contributed by atoms with Crippen molar-refractivity contribution in [2.45, 2.75) is 6.92 Å². The van der Waals surface area contributed by atoms with Crippen LogP contribution in [-0.4, -0.2) is 34.1 Å². The topological polar surface area (TPSA) is 66.5 Å². The molecule has 1 atom stereocenters. The molecule has 0 aromatic heterocycles. The molecule has 132 valence electrons. The smallest absolute Gasteiger partial charge is 0.239 e. The van der Waals surface area contributed by atoms with Crippen LogP contribution in [0.1, 0.15) is 6.92 Å². The van der Waals surface area contributed by atoms with Crippen LogP contribution in [0.2, 0.25) is 5.02 Å². The lowest BCUT2D eigenvalue weighted by atomic mass is 10.3. The molecular formula is C18H19ClN2O3S. The lowest BCUT2D eigenvalue weighted by Crippen LogP contribution is -2.35. The molecule has 0 radical (unpaired) electrons. The summed E-state index contributed by atoms with van der Waals surface area (Å²) in [6, 6.07) is 15.9. The number of amides is 2. The van der Waals surface area contributed by atoms with Gasteiger partial charge in [-0.25, -0.2) is 0 Å². The molecule has 7 heteroatoms. The second-order valence-electron chi connectivity index (χ2n) is 5.23. The zero-order valence-electron chi connectivity index (χ0n) is 13.8. The van der Waals surface area contributed by atoms with Gasteiger partial charge in [-0.05, 0) is 31.2 Å². The largest absolute Gasteiger partial charge is 0.324 e. The van der Waals surface area contributed by atoms with Gasteiger partial charge >= 0.3 is 0 Å². The van der Waals surface area contributed by atoms with Crippen molar-refractivity contribution >= 4 is 45.6 Å². The Kier molecular flexibility index (Phi) is 7.16. The molecule has 25 heavy (non-hydrogen) atoms. The van der Waals surface area contributed by atoms with E-state index >= 15 is 0 Å². The van der Waals surface area contributed by atoms with Gasteiger partial charge in [0, 0.05) is 23.0 Å². The van der Waals surface area contributed by atoms with E-state index in [-0.39, 0.29) is 17.4 Å². The summed E-state index contributed by atoms with van der Waals surface area (Å²) < 4.78 is 12.2. The van der Waals surface area contributed by atoms with Crippen LogP contribution >= 0.6 is 11.6 Å². The Morgan fingerprint density at radius 3 is 2.32 bits per heavy atom. The highest BCUT2D eigenvalue weighted by Crippen LogP contribution is 2.20. The average Bonchev–Trinajstić information content (AvgIpc) is 2.58. The maximum Gasteiger partial charge on any atom is 0.239 e. The third kappa shape index (κ3) is 5.69. The second-order valence-corrected chi connectivity index (χ2v) is 7.09. The Bertz CT molecular complexity index is 768. The maximum absolute atomic E-state index is 12.4. The summed E-state index contributed by atoms with van der Waals surface area (Å²) in [6.45, 7) is 2.31. The molecule has 0 heterocycles. The van der Waals surface area contributed by atoms with Crippen LogP contribution in [0.15, 0.2) is 54.6 Å². The summed E-state index contributed by atoms with van der Waals surface area (Å²) >= 11 is 5.97. The number of hydrogen-bond acceptors (Lipinski definition) is 3. The van der Waals surface area contributed by atoms with Crippen molar-refractivity contribution in [2.75, 3.05) is 28.3 Å². The molecule has 0 bridgehead atoms. The summed E-state index contributed by atoms with van der Waals surface area (Å²) in [4.78, 5) is 25.9. The van der Waals surface area contributed by atoms with Crippen molar-refractivity contribution in [1.29, 1.82) is 0 Å². The van der Waals surface area contributed by atoms with E-state index in [1.165, 1.54) is 0 Å². The SMILES string of the molecule is CCN(C(=O)CS(=O)CC(=O)Nc1ccccc1Cl)c1ccccc1. The van der Waals surface area contributed by atoms with E-state index in [0.29, 0.717) is 17.3 Å². The first-order valence-electron chi connectivity index (χ1n) is 7.76. The molecule has 0 saturated carbocycles. The fraction of sp³-hybridized carbons (Fsp3) is 0.222. The van der Waals surface area contributed by atoms with Crippen molar-refractivity contribution in [2.24, 2.45) is 0 Å². The van der Waals surface area contributed by atoms with E-state index in [0.717, 1.165) is 5.69 Å². The number of carbonyl (C=O) groups excluding carboxylic acids is 2. The van der Waals surface area contributed by atoms with Crippen LogP contribution in [-0.2, 0) is 20.4 Å². The predicted molar refractivity (Wildman–Crippen MR) is 102 cm³/mol. The molecule has 1 unspecified atom stereocenters. The first kappa shape index (κ1) is 19.1. The molecule has 0 aliphatic carbocycles. The number of nitrogens with one attached hydrogen (secondary N) is 1. The summed E-state index contributed by atoms with van der Waals surface area (Å²) in [5.74, 6) is -1.19. The lowest BCUT2D eigenvalue weighted by molar-refractivity contribution is -0.116. The van der Waals surface area contributed by atoms with E-state index in [9.17, 15) is 13.8 Å². The quantitative estimate of drug-likeness (QED) is 0.805. The van der Waals surface area contributed by atoms with Gasteiger partial charge < -0.3 is 10.2 Å². The molecule has 1 N–H and O–H groups in total. The molecule has 0 aliphatic heterocycles. The number of nitrogens with zero attached hydrogens (tertiary/aromatic N) is 1. The minimum Gasteiger partial charge on any atom is -0.324 e. The average molecular weight is 379 g/mol. The van der Waals surface area contributed by atoms with Crippen LogP contribution in [0.5, 0.6) is 0 Å². The summed E-state index contributed by atoms with van der Waals surface area (Å²) in [6.07, 6.45) is 0. The van der Waals surface area contributed by atoms with E-state index in [4.69, 9.17) is 11.6 Å². The van der Waals surface area contributed by atoms with Gasteiger partial charge in [0.2, 0.25) is 11.8 Å². The monoisotopic (exact) mass is 378 g/mol. The highest BCUT2D eigenvalue weighted by molar-refractivity contribution is 7.86. The van der Waals surface area contributed by atoms with Gasteiger partial charge in [0.15, 0.2) is 0 Å². The van der Waals surface area contributed by atoms with Crippen LogP contribution in [0.4, 0.5) is 11.4 Å². The number of benzene rings is 2. The number of para-hydroxylation sites is 2. The fourth-order valence-corrected chi connectivity index (χ4v) is 3.35. The molecule has 0 fully saturated rings. The predicted octanol–water partition coefficient (Wildman–Crippen LogP) is 3.08. The van der Waals surface area contributed by atoms with Gasteiger partial charge in [0.25, 0.3) is 0 Å². The van der Waals surface area contributed by atoms with Crippen LogP contribution < -0.4 is 10.2 Å². The van der Waals surface area contributed by atoms with Gasteiger partial charge in [-0.15, -0.1) is 0 Å². The Hall–Kier alpha value is -2.18. The Morgan fingerprint density at radius 2 is 1.68 bits per heavy atom. The molecule has 2 aromatic rings. The summed E-state index contributed by atoms with van der Waals surface area (Å²) in [5.41, 5.74) is 1.20. The highest BCUT2D eigenvalue weighted by Gasteiger charge is 2.18. The first-order chi connectivity index (χ1) is 12.0. The maximum atomic E-state index is 12.4. The van der Waals surface area contributed by atoms with Crippen molar-refractivity contribution < 1.29 is 13.8 Å². The van der Waals surface area contributed by atoms with E-state index in [1.54, 1.807) is 29.2 Å². The lowest BCUT2D eigenvalue weighted by Gasteiger charge is -2.20. The van der Waals surface area contributed by atoms with E-state index in [2.05, 4.69) is 5.32 Å². The standard InChI is InChI=1S/C18H19ClN2O3S/c1-2-21(14-8-4-3-5-9-14)18(23)13-25(24)12-17(22)20-16-11-7-6-10-15(16)19/h3-11H,2,12-13H2,1H3,(H,20,22). The zero-order valence-corrected chi connectivity index (χ0v) is 15.3. The number of hydrogen-bond donors (Lipinski definition) is 1. The zero-order chi connectivity index (χ0) is 18.2. The minimum atomic E-state index is -1.60. The first-order valence-corrected chi connectivity index (χ1v) is 9.62. The van der Waals surface area contributed by atoms with Crippen LogP contribution in [0.25, 0.3) is 0 Å². The van der Waals surface area contributed by atoms with Gasteiger partial charge in [-0.1, -0.05) is 41.9 Å². The van der Waals surface area contributed by atoms with E-state index < -0.39 is 16.7 Å². The molecular weight excluding hydrogens is 360 g/mol. The van der Waals surface area contributed by atoms with Crippen LogP contribution in [0.3, 0.4) is 0 Å². The minimum absolute atomic E-state index is 0.210. The van der Waals surface area contributed by atoms with E-state index in [1.807, 2.05) is 37.3 Å².